The monoisotopic (exact) mass is 631 g/mol. The molecule has 3 aromatic carbocycles. The predicted octanol–water partition coefficient (Wildman–Crippen LogP) is 6.57. The molecule has 39 heavy (non-hydrogen) atoms. The van der Waals surface area contributed by atoms with Crippen molar-refractivity contribution in [2.24, 2.45) is 0 Å². The number of rotatable bonds is 9. The first-order chi connectivity index (χ1) is 18.6. The standard InChI is InChI=1S/C28H24BrCl2N3O5/c1-3-38-24-13-18(10-20(29)26(24)39-15-17-6-9-21(30)22(31)11-17)12-23-27(36)34(28(37)33-23)14-25(35)32-19-7-4-16(2)5-8-19/h4-13H,3,14-15H2,1-2H3,(H,32,35)(H,33,37)/b23-12+. The number of halogens is 3. The maximum absolute atomic E-state index is 12.9. The lowest BCUT2D eigenvalue weighted by Gasteiger charge is -2.15. The van der Waals surface area contributed by atoms with E-state index in [4.69, 9.17) is 32.7 Å². The average molecular weight is 633 g/mol. The number of carbonyl (C=O) groups is 3. The Balaban J connectivity index is 1.48. The van der Waals surface area contributed by atoms with Crippen LogP contribution < -0.4 is 20.1 Å². The number of urea groups is 1. The first-order valence-electron chi connectivity index (χ1n) is 11.9. The summed E-state index contributed by atoms with van der Waals surface area (Å²) in [7, 11) is 0. The fraction of sp³-hybridized carbons (Fsp3) is 0.179. The third-order valence-corrected chi connectivity index (χ3v) is 6.94. The van der Waals surface area contributed by atoms with Crippen molar-refractivity contribution in [3.8, 4) is 11.5 Å². The molecule has 2 N–H and O–H groups in total. The van der Waals surface area contributed by atoms with Crippen molar-refractivity contribution in [1.29, 1.82) is 0 Å². The summed E-state index contributed by atoms with van der Waals surface area (Å²) in [6.07, 6.45) is 1.51. The summed E-state index contributed by atoms with van der Waals surface area (Å²) >= 11 is 15.6. The van der Waals surface area contributed by atoms with Crippen molar-refractivity contribution >= 4 is 68.7 Å². The molecular weight excluding hydrogens is 609 g/mol. The van der Waals surface area contributed by atoms with Crippen LogP contribution >= 0.6 is 39.1 Å². The number of ether oxygens (including phenoxy) is 2. The van der Waals surface area contributed by atoms with E-state index in [1.807, 2.05) is 32.0 Å². The number of benzene rings is 3. The van der Waals surface area contributed by atoms with Gasteiger partial charge in [-0.25, -0.2) is 9.69 Å². The third-order valence-electron chi connectivity index (χ3n) is 5.61. The number of hydrogen-bond donors (Lipinski definition) is 2. The van der Waals surface area contributed by atoms with Crippen molar-refractivity contribution in [1.82, 2.24) is 10.2 Å². The molecular formula is C28H24BrCl2N3O5. The Hall–Kier alpha value is -3.53. The Morgan fingerprint density at radius 3 is 2.49 bits per heavy atom. The summed E-state index contributed by atoms with van der Waals surface area (Å²) in [6.45, 7) is 3.92. The largest absolute Gasteiger partial charge is 0.490 e. The van der Waals surface area contributed by atoms with E-state index < -0.39 is 24.4 Å². The zero-order chi connectivity index (χ0) is 28.1. The minimum atomic E-state index is -0.684. The first kappa shape index (κ1) is 28.5. The van der Waals surface area contributed by atoms with Gasteiger partial charge in [-0.1, -0.05) is 47.0 Å². The van der Waals surface area contributed by atoms with Crippen molar-refractivity contribution in [3.63, 3.8) is 0 Å². The molecule has 0 aliphatic carbocycles. The van der Waals surface area contributed by atoms with E-state index >= 15 is 0 Å². The van der Waals surface area contributed by atoms with E-state index in [0.29, 0.717) is 43.9 Å². The summed E-state index contributed by atoms with van der Waals surface area (Å²) in [5.74, 6) is -0.215. The molecule has 11 heteroatoms. The smallest absolute Gasteiger partial charge is 0.329 e. The van der Waals surface area contributed by atoms with Crippen LogP contribution in [0.1, 0.15) is 23.6 Å². The SMILES string of the molecule is CCOc1cc(/C=C2/NC(=O)N(CC(=O)Nc3ccc(C)cc3)C2=O)cc(Br)c1OCc1ccc(Cl)c(Cl)c1. The molecule has 0 spiro atoms. The van der Waals surface area contributed by atoms with Gasteiger partial charge in [-0.05, 0) is 83.4 Å². The van der Waals surface area contributed by atoms with Gasteiger partial charge in [-0.3, -0.25) is 9.59 Å². The zero-order valence-electron chi connectivity index (χ0n) is 21.0. The van der Waals surface area contributed by atoms with Crippen LogP contribution in [0.2, 0.25) is 10.0 Å². The topological polar surface area (TPSA) is 97.0 Å². The van der Waals surface area contributed by atoms with Gasteiger partial charge in [-0.2, -0.15) is 0 Å². The number of hydrogen-bond acceptors (Lipinski definition) is 5. The van der Waals surface area contributed by atoms with E-state index in [1.54, 1.807) is 36.4 Å². The highest BCUT2D eigenvalue weighted by Crippen LogP contribution is 2.38. The van der Waals surface area contributed by atoms with Crippen LogP contribution in [0.4, 0.5) is 10.5 Å². The highest BCUT2D eigenvalue weighted by atomic mass is 79.9. The number of amides is 4. The number of nitrogens with one attached hydrogen (secondary N) is 2. The number of carbonyl (C=O) groups excluding carboxylic acids is 3. The molecule has 3 aromatic rings. The molecule has 1 aliphatic rings. The second kappa shape index (κ2) is 12.5. The fourth-order valence-electron chi connectivity index (χ4n) is 3.72. The van der Waals surface area contributed by atoms with E-state index in [9.17, 15) is 14.4 Å². The molecule has 4 amide bonds. The van der Waals surface area contributed by atoms with E-state index in [2.05, 4.69) is 26.6 Å². The van der Waals surface area contributed by atoms with Crippen molar-refractivity contribution < 1.29 is 23.9 Å². The van der Waals surface area contributed by atoms with Crippen molar-refractivity contribution in [3.05, 3.63) is 91.5 Å². The van der Waals surface area contributed by atoms with Crippen LogP contribution in [-0.4, -0.2) is 35.9 Å². The lowest BCUT2D eigenvalue weighted by Crippen LogP contribution is -2.38. The molecule has 1 heterocycles. The van der Waals surface area contributed by atoms with Gasteiger partial charge in [0, 0.05) is 5.69 Å². The highest BCUT2D eigenvalue weighted by Gasteiger charge is 2.35. The van der Waals surface area contributed by atoms with Gasteiger partial charge in [-0.15, -0.1) is 0 Å². The second-order valence-electron chi connectivity index (χ2n) is 8.59. The molecule has 1 fully saturated rings. The van der Waals surface area contributed by atoms with Gasteiger partial charge in [0.15, 0.2) is 11.5 Å². The van der Waals surface area contributed by atoms with Crippen molar-refractivity contribution in [2.45, 2.75) is 20.5 Å². The molecule has 8 nitrogen and oxygen atoms in total. The van der Waals surface area contributed by atoms with Crippen LogP contribution in [0.5, 0.6) is 11.5 Å². The van der Waals surface area contributed by atoms with Gasteiger partial charge in [0.05, 0.1) is 21.1 Å². The summed E-state index contributed by atoms with van der Waals surface area (Å²) in [6, 6.07) is 15.1. The minimum Gasteiger partial charge on any atom is -0.490 e. The Bertz CT molecular complexity index is 1460. The Kier molecular flexibility index (Phi) is 9.16. The van der Waals surface area contributed by atoms with E-state index in [-0.39, 0.29) is 12.3 Å². The summed E-state index contributed by atoms with van der Waals surface area (Å²) in [5.41, 5.74) is 3.03. The first-order valence-corrected chi connectivity index (χ1v) is 13.4. The van der Waals surface area contributed by atoms with Crippen LogP contribution in [-0.2, 0) is 16.2 Å². The summed E-state index contributed by atoms with van der Waals surface area (Å²) in [5, 5.41) is 6.09. The number of anilines is 1. The molecule has 0 aromatic heterocycles. The van der Waals surface area contributed by atoms with Crippen LogP contribution in [0.15, 0.2) is 64.8 Å². The fourth-order valence-corrected chi connectivity index (χ4v) is 4.62. The molecule has 0 saturated carbocycles. The van der Waals surface area contributed by atoms with Gasteiger partial charge in [0.25, 0.3) is 5.91 Å². The van der Waals surface area contributed by atoms with Crippen molar-refractivity contribution in [2.75, 3.05) is 18.5 Å². The molecule has 4 rings (SSSR count). The molecule has 202 valence electrons. The van der Waals surface area contributed by atoms with Gasteiger partial charge in [0.1, 0.15) is 18.8 Å². The maximum Gasteiger partial charge on any atom is 0.329 e. The number of nitrogens with zero attached hydrogens (tertiary/aromatic N) is 1. The molecule has 0 bridgehead atoms. The van der Waals surface area contributed by atoms with Gasteiger partial charge >= 0.3 is 6.03 Å². The number of imide groups is 1. The molecule has 0 unspecified atom stereocenters. The normalized spacial score (nSPS) is 14.0. The predicted molar refractivity (Wildman–Crippen MR) is 154 cm³/mol. The average Bonchev–Trinajstić information content (AvgIpc) is 3.14. The molecule has 0 atom stereocenters. The van der Waals surface area contributed by atoms with Crippen LogP contribution in [0.25, 0.3) is 6.08 Å². The summed E-state index contributed by atoms with van der Waals surface area (Å²) < 4.78 is 12.3. The minimum absolute atomic E-state index is 0.0296. The molecule has 0 radical (unpaired) electrons. The van der Waals surface area contributed by atoms with Crippen LogP contribution in [0, 0.1) is 6.92 Å². The van der Waals surface area contributed by atoms with E-state index in [1.165, 1.54) is 6.08 Å². The zero-order valence-corrected chi connectivity index (χ0v) is 24.1. The quantitative estimate of drug-likeness (QED) is 0.205. The highest BCUT2D eigenvalue weighted by molar-refractivity contribution is 9.10. The maximum atomic E-state index is 12.9. The Morgan fingerprint density at radius 1 is 1.05 bits per heavy atom. The summed E-state index contributed by atoms with van der Waals surface area (Å²) in [4.78, 5) is 38.7. The van der Waals surface area contributed by atoms with Gasteiger partial charge in [0.2, 0.25) is 5.91 Å². The number of aryl methyl sites for hydroxylation is 1. The Morgan fingerprint density at radius 2 is 1.79 bits per heavy atom. The lowest BCUT2D eigenvalue weighted by molar-refractivity contribution is -0.127. The van der Waals surface area contributed by atoms with Gasteiger partial charge < -0.3 is 20.1 Å². The molecule has 1 aliphatic heterocycles. The third kappa shape index (κ3) is 7.11. The lowest BCUT2D eigenvalue weighted by atomic mass is 10.1. The second-order valence-corrected chi connectivity index (χ2v) is 10.3. The molecule has 1 saturated heterocycles. The van der Waals surface area contributed by atoms with Crippen LogP contribution in [0.3, 0.4) is 0 Å². The Labute approximate surface area is 244 Å². The van der Waals surface area contributed by atoms with E-state index in [0.717, 1.165) is 16.0 Å².